The number of nitrogens with zero attached hydrogens (tertiary/aromatic N) is 7. The molecule has 4 aliphatic rings. The first-order valence-corrected chi connectivity index (χ1v) is 39.8. The van der Waals surface area contributed by atoms with Gasteiger partial charge in [0.05, 0.1) is 30.5 Å². The molecule has 13 aromatic carbocycles. The maximum atomic E-state index is 10.5. The Morgan fingerprint density at radius 3 is 1.21 bits per heavy atom. The Morgan fingerprint density at radius 2 is 0.683 bits per heavy atom. The minimum atomic E-state index is -1.64. The highest BCUT2D eigenvalue weighted by molar-refractivity contribution is 7.99. The highest BCUT2D eigenvalue weighted by atomic mass is 32.2. The summed E-state index contributed by atoms with van der Waals surface area (Å²) in [6.07, 6.45) is 0. The van der Waals surface area contributed by atoms with Gasteiger partial charge in [-0.05, 0) is 150 Å². The summed E-state index contributed by atoms with van der Waals surface area (Å²) >= 11 is 1.83. The van der Waals surface area contributed by atoms with Crippen molar-refractivity contribution >= 4 is 25.0 Å². The van der Waals surface area contributed by atoms with Crippen LogP contribution in [0.25, 0.3) is 113 Å². The van der Waals surface area contributed by atoms with Gasteiger partial charge in [0.1, 0.15) is 11.5 Å². The van der Waals surface area contributed by atoms with E-state index in [1.165, 1.54) is 70.6 Å². The number of nitriles is 1. The fourth-order valence-electron chi connectivity index (χ4n) is 16.4. The van der Waals surface area contributed by atoms with Crippen molar-refractivity contribution in [2.45, 2.75) is 66.4 Å². The van der Waals surface area contributed by atoms with Crippen LogP contribution in [0.3, 0.4) is 0 Å². The molecule has 0 atom stereocenters. The number of rotatable bonds is 9. The van der Waals surface area contributed by atoms with Gasteiger partial charge in [0.15, 0.2) is 34.9 Å². The Hall–Kier alpha value is -12.3. The van der Waals surface area contributed by atoms with Crippen LogP contribution in [0.4, 0.5) is 0 Å². The van der Waals surface area contributed by atoms with Gasteiger partial charge in [0.25, 0.3) is 0 Å². The van der Waals surface area contributed by atoms with Gasteiger partial charge in [-0.2, -0.15) is 5.26 Å². The van der Waals surface area contributed by atoms with Crippen LogP contribution < -0.4 is 9.92 Å². The van der Waals surface area contributed by atoms with Crippen LogP contribution in [0.1, 0.15) is 76.4 Å². The summed E-state index contributed by atoms with van der Waals surface area (Å²) in [4.78, 5) is 34.6. The third-order valence-corrected chi connectivity index (χ3v) is 24.8. The summed E-state index contributed by atoms with van der Waals surface area (Å²) < 4.78 is 6.84. The molecule has 0 radical (unpaired) electrons. The molecule has 4 heterocycles. The molecule has 0 saturated heterocycles. The van der Waals surface area contributed by atoms with Gasteiger partial charge in [-0.3, -0.25) is 0 Å². The zero-order valence-electron chi connectivity index (χ0n) is 58.2. The highest BCUT2D eigenvalue weighted by Crippen LogP contribution is 2.65. The number of fused-ring (bicyclic) bond motifs is 18. The molecular weight excluding hydrogens is 1300 g/mol. The van der Waals surface area contributed by atoms with Gasteiger partial charge in [-0.1, -0.05) is 294 Å². The second-order valence-corrected chi connectivity index (χ2v) is 35.8. The van der Waals surface area contributed by atoms with Gasteiger partial charge >= 0.3 is 0 Å². The summed E-state index contributed by atoms with van der Waals surface area (Å²) in [5.41, 5.74) is 23.8. The number of para-hydroxylation sites is 2. The number of ether oxygens (including phenoxy) is 1. The van der Waals surface area contributed by atoms with Crippen molar-refractivity contribution in [1.82, 2.24) is 29.9 Å². The predicted molar refractivity (Wildman–Crippen MR) is 422 cm³/mol. The van der Waals surface area contributed by atoms with Crippen LogP contribution in [-0.4, -0.2) is 38.0 Å². The maximum absolute atomic E-state index is 10.5. The average Bonchev–Trinajstić information content (AvgIpc) is 1.50. The minimum Gasteiger partial charge on any atom is -0.457 e. The molecule has 0 N–H and O–H groups in total. The van der Waals surface area contributed by atoms with E-state index in [-0.39, 0.29) is 5.41 Å². The van der Waals surface area contributed by atoms with Crippen LogP contribution >= 0.6 is 11.8 Å². The molecule has 10 heteroatoms. The van der Waals surface area contributed by atoms with Crippen LogP contribution in [0.15, 0.2) is 307 Å². The third kappa shape index (κ3) is 9.93. The summed E-state index contributed by atoms with van der Waals surface area (Å²) in [5, 5.41) is 11.9. The quantitative estimate of drug-likeness (QED) is 0.130. The molecule has 2 aliphatic carbocycles. The van der Waals surface area contributed by atoms with E-state index in [9.17, 15) is 5.26 Å². The molecule has 0 unspecified atom stereocenters. The fraction of sp³-hybridized carbons (Fsp3) is 0.0957. The Labute approximate surface area is 610 Å². The molecule has 104 heavy (non-hydrogen) atoms. The van der Waals surface area contributed by atoms with Crippen molar-refractivity contribution in [2.24, 2.45) is 0 Å². The standard InChI is InChI=1S/C94H67N7OSSi/c1-92(2,3)67-45-38-58(39-46-67)62-42-49-72-73-51-44-64(55-81(73)94(79(72)53-62)75-26-11-15-30-82(75)102-83-31-16-12-27-76(83)94)89-97-86(96-87(98-89)60-40-47-68(48-41-60)104(4,5)6)59-36-34-57(35-37-59)61-21-19-22-63(52-61)88-99-90(101-91(100-88)69-23-8-7-20-66(69)56-95)65-43-50-71-70-24-9-10-25-74(70)93(80(71)54-65)77-28-13-17-32-84(77)103-85-33-18-14-29-78(85)93/h7-55H,1-6H3. The molecular formula is C94H67N7OSSi. The van der Waals surface area contributed by atoms with E-state index in [4.69, 9.17) is 34.6 Å². The van der Waals surface area contributed by atoms with E-state index in [1.807, 2.05) is 42.1 Å². The van der Waals surface area contributed by atoms with Gasteiger partial charge in [0, 0.05) is 54.3 Å². The fourth-order valence-corrected chi connectivity index (χ4v) is 18.8. The van der Waals surface area contributed by atoms with Crippen LogP contribution in [0.2, 0.25) is 19.6 Å². The topological polar surface area (TPSA) is 110 Å². The summed E-state index contributed by atoms with van der Waals surface area (Å²) in [6.45, 7) is 13.9. The van der Waals surface area contributed by atoms with Crippen molar-refractivity contribution in [3.8, 4) is 130 Å². The van der Waals surface area contributed by atoms with E-state index in [1.54, 1.807) is 0 Å². The predicted octanol–water partition coefficient (Wildman–Crippen LogP) is 22.4. The minimum absolute atomic E-state index is 0.0310. The van der Waals surface area contributed by atoms with Crippen LogP contribution in [-0.2, 0) is 16.2 Å². The Morgan fingerprint density at radius 1 is 0.317 bits per heavy atom. The Balaban J connectivity index is 0.720. The van der Waals surface area contributed by atoms with Gasteiger partial charge in [-0.15, -0.1) is 0 Å². The molecule has 0 bridgehead atoms. The van der Waals surface area contributed by atoms with Crippen molar-refractivity contribution in [3.63, 3.8) is 0 Å². The van der Waals surface area contributed by atoms with Crippen LogP contribution in [0, 0.1) is 11.3 Å². The zero-order valence-corrected chi connectivity index (χ0v) is 60.1. The van der Waals surface area contributed by atoms with Crippen LogP contribution in [0.5, 0.6) is 11.5 Å². The first-order chi connectivity index (χ1) is 50.7. The normalized spacial score (nSPS) is 13.7. The third-order valence-electron chi connectivity index (χ3n) is 21.6. The molecule has 0 saturated carbocycles. The van der Waals surface area contributed by atoms with E-state index >= 15 is 0 Å². The maximum Gasteiger partial charge on any atom is 0.165 e. The number of hydrogen-bond donors (Lipinski definition) is 0. The molecule has 2 spiro atoms. The van der Waals surface area contributed by atoms with Crippen molar-refractivity contribution in [1.29, 1.82) is 5.26 Å². The first-order valence-electron chi connectivity index (χ1n) is 35.4. The zero-order chi connectivity index (χ0) is 70.2. The van der Waals surface area contributed by atoms with Gasteiger partial charge < -0.3 is 4.74 Å². The van der Waals surface area contributed by atoms with E-state index < -0.39 is 18.9 Å². The molecule has 8 nitrogen and oxygen atoms in total. The molecule has 494 valence electrons. The Kier molecular flexibility index (Phi) is 14.4. The molecule has 2 aromatic heterocycles. The van der Waals surface area contributed by atoms with E-state index in [2.05, 4.69) is 313 Å². The van der Waals surface area contributed by atoms with Gasteiger partial charge in [0.2, 0.25) is 0 Å². The average molecular weight is 1370 g/mol. The van der Waals surface area contributed by atoms with Gasteiger partial charge in [-0.25, -0.2) is 29.9 Å². The lowest BCUT2D eigenvalue weighted by Crippen LogP contribution is -2.37. The van der Waals surface area contributed by atoms with Crippen molar-refractivity contribution < 1.29 is 4.74 Å². The largest absolute Gasteiger partial charge is 0.457 e. The highest BCUT2D eigenvalue weighted by Gasteiger charge is 2.53. The second-order valence-electron chi connectivity index (χ2n) is 29.6. The molecule has 15 aromatic rings. The molecule has 19 rings (SSSR count). The summed E-state index contributed by atoms with van der Waals surface area (Å²) in [5.74, 6) is 4.78. The number of benzene rings is 13. The second kappa shape index (κ2) is 23.9. The SMILES string of the molecule is CC(C)(C)c1ccc(-c2ccc3c(c2)C2(c4ccccc4Oc4ccccc42)c2cc(-c4nc(-c5ccc(-c6cccc(-c7nc(-c8ccc9c(c8)C8(c%10ccccc%10Sc%10ccccc%108)c8ccccc8-9)nc(-c8ccccc8C#N)n7)c6)cc5)nc(-c5ccc([Si](C)(C)C)cc5)n4)ccc2-3)cc1. The van der Waals surface area contributed by atoms with Crippen molar-refractivity contribution in [2.75, 3.05) is 0 Å². The lowest BCUT2D eigenvalue weighted by molar-refractivity contribution is 0.436. The lowest BCUT2D eigenvalue weighted by Gasteiger charge is -2.39. The van der Waals surface area contributed by atoms with E-state index in [0.29, 0.717) is 46.1 Å². The lowest BCUT2D eigenvalue weighted by atomic mass is 9.65. The summed E-state index contributed by atoms with van der Waals surface area (Å²) in [6, 6.07) is 109. The molecule has 0 fully saturated rings. The Bertz CT molecular complexity index is 6010. The smallest absolute Gasteiger partial charge is 0.165 e. The molecule has 0 amide bonds. The van der Waals surface area contributed by atoms with Crippen molar-refractivity contribution in [3.05, 3.63) is 353 Å². The number of hydrogen-bond acceptors (Lipinski definition) is 9. The number of aromatic nitrogens is 6. The first kappa shape index (κ1) is 62.7. The monoisotopic (exact) mass is 1370 g/mol. The summed E-state index contributed by atoms with van der Waals surface area (Å²) in [7, 11) is -1.64. The van der Waals surface area contributed by atoms with E-state index in [0.717, 1.165) is 78.3 Å². The molecule has 2 aliphatic heterocycles.